The van der Waals surface area contributed by atoms with E-state index in [0.717, 1.165) is 24.5 Å². The molecule has 1 atom stereocenters. The molecule has 1 unspecified atom stereocenters. The summed E-state index contributed by atoms with van der Waals surface area (Å²) in [6.07, 6.45) is 3.39. The largest absolute Gasteiger partial charge is 0.495 e. The normalized spacial score (nSPS) is 11.7. The molecule has 0 N–H and O–H groups in total. The van der Waals surface area contributed by atoms with Crippen molar-refractivity contribution in [2.45, 2.75) is 33.1 Å². The molecule has 0 aliphatic heterocycles. The van der Waals surface area contributed by atoms with Crippen LogP contribution in [0.2, 0.25) is 5.02 Å². The molecule has 2 aromatic rings. The van der Waals surface area contributed by atoms with Gasteiger partial charge in [0.05, 0.1) is 24.3 Å². The summed E-state index contributed by atoms with van der Waals surface area (Å²) in [7, 11) is 1.52. The summed E-state index contributed by atoms with van der Waals surface area (Å²) in [6, 6.07) is 11.8. The summed E-state index contributed by atoms with van der Waals surface area (Å²) in [4.78, 5) is 12.2. The van der Waals surface area contributed by atoms with Crippen LogP contribution in [0.1, 0.15) is 43.5 Å². The number of hydrogen-bond donors (Lipinski definition) is 0. The summed E-state index contributed by atoms with van der Waals surface area (Å²) in [5.41, 5.74) is 0.362. The van der Waals surface area contributed by atoms with Crippen LogP contribution in [0, 0.1) is 5.92 Å². The number of benzene rings is 2. The van der Waals surface area contributed by atoms with E-state index in [1.54, 1.807) is 36.4 Å². The number of carbonyl (C=O) groups is 1. The first-order chi connectivity index (χ1) is 12.5. The summed E-state index contributed by atoms with van der Waals surface area (Å²) >= 11 is 6.04. The van der Waals surface area contributed by atoms with E-state index >= 15 is 0 Å². The molecule has 26 heavy (non-hydrogen) atoms. The minimum absolute atomic E-state index is 0.362. The second-order valence-electron chi connectivity index (χ2n) is 6.21. The first-order valence-electron chi connectivity index (χ1n) is 8.82. The van der Waals surface area contributed by atoms with Crippen LogP contribution < -0.4 is 14.2 Å². The van der Waals surface area contributed by atoms with Gasteiger partial charge in [-0.3, -0.25) is 0 Å². The predicted octanol–water partition coefficient (Wildman–Crippen LogP) is 5.77. The minimum atomic E-state index is -0.475. The molecule has 2 rings (SSSR count). The topological polar surface area (TPSA) is 44.8 Å². The molecule has 0 aliphatic rings. The molecular formula is C21H25ClO4. The maximum atomic E-state index is 12.2. The molecule has 140 valence electrons. The number of halogens is 1. The lowest BCUT2D eigenvalue weighted by Crippen LogP contribution is -2.08. The van der Waals surface area contributed by atoms with Gasteiger partial charge >= 0.3 is 5.97 Å². The molecule has 0 heterocycles. The summed E-state index contributed by atoms with van der Waals surface area (Å²) in [5, 5.41) is 0.364. The lowest BCUT2D eigenvalue weighted by molar-refractivity contribution is 0.0734. The highest BCUT2D eigenvalue weighted by molar-refractivity contribution is 6.32. The Labute approximate surface area is 160 Å². The quantitative estimate of drug-likeness (QED) is 0.316. The van der Waals surface area contributed by atoms with Crippen LogP contribution in [-0.2, 0) is 0 Å². The molecule has 0 aromatic heterocycles. The van der Waals surface area contributed by atoms with E-state index in [0.29, 0.717) is 28.7 Å². The SMILES string of the molecule is CCC(C)CCCOc1ccc(OC(=O)c2ccc(OC)c(Cl)c2)cc1. The molecule has 0 radical (unpaired) electrons. The fourth-order valence-corrected chi connectivity index (χ4v) is 2.65. The standard InChI is InChI=1S/C21H25ClO4/c1-4-15(2)6-5-13-25-17-8-10-18(11-9-17)26-21(23)16-7-12-20(24-3)19(22)14-16/h7-12,14-15H,4-6,13H2,1-3H3. The molecular weight excluding hydrogens is 352 g/mol. The monoisotopic (exact) mass is 376 g/mol. The van der Waals surface area contributed by atoms with Gasteiger partial charge in [-0.2, -0.15) is 0 Å². The summed E-state index contributed by atoms with van der Waals surface area (Å²) < 4.78 is 16.1. The molecule has 0 aliphatic carbocycles. The van der Waals surface area contributed by atoms with Crippen LogP contribution in [0.5, 0.6) is 17.2 Å². The van der Waals surface area contributed by atoms with Gasteiger partial charge in [-0.05, 0) is 61.2 Å². The van der Waals surface area contributed by atoms with Crippen molar-refractivity contribution in [3.63, 3.8) is 0 Å². The van der Waals surface area contributed by atoms with Crippen molar-refractivity contribution in [3.05, 3.63) is 53.1 Å². The summed E-state index contributed by atoms with van der Waals surface area (Å²) in [6.45, 7) is 5.14. The van der Waals surface area contributed by atoms with Crippen molar-refractivity contribution in [2.24, 2.45) is 5.92 Å². The van der Waals surface area contributed by atoms with Gasteiger partial charge < -0.3 is 14.2 Å². The minimum Gasteiger partial charge on any atom is -0.495 e. The fraction of sp³-hybridized carbons (Fsp3) is 0.381. The number of ether oxygens (including phenoxy) is 3. The Balaban J connectivity index is 1.86. The predicted molar refractivity (Wildman–Crippen MR) is 104 cm³/mol. The first-order valence-corrected chi connectivity index (χ1v) is 9.19. The van der Waals surface area contributed by atoms with E-state index in [4.69, 9.17) is 25.8 Å². The third kappa shape index (κ3) is 5.95. The average molecular weight is 377 g/mol. The van der Waals surface area contributed by atoms with Crippen molar-refractivity contribution in [1.82, 2.24) is 0 Å². The van der Waals surface area contributed by atoms with Gasteiger partial charge in [-0.15, -0.1) is 0 Å². The molecule has 2 aromatic carbocycles. The van der Waals surface area contributed by atoms with E-state index in [2.05, 4.69) is 13.8 Å². The fourth-order valence-electron chi connectivity index (χ4n) is 2.39. The number of esters is 1. The molecule has 5 heteroatoms. The van der Waals surface area contributed by atoms with Gasteiger partial charge in [0.25, 0.3) is 0 Å². The highest BCUT2D eigenvalue weighted by Crippen LogP contribution is 2.26. The Hall–Kier alpha value is -2.20. The third-order valence-electron chi connectivity index (χ3n) is 4.23. The molecule has 0 fully saturated rings. The van der Waals surface area contributed by atoms with Gasteiger partial charge in [-0.25, -0.2) is 4.79 Å². The van der Waals surface area contributed by atoms with Crippen LogP contribution >= 0.6 is 11.6 Å². The van der Waals surface area contributed by atoms with E-state index in [9.17, 15) is 4.79 Å². The zero-order chi connectivity index (χ0) is 18.9. The highest BCUT2D eigenvalue weighted by atomic mass is 35.5. The Morgan fingerprint density at radius 3 is 2.42 bits per heavy atom. The van der Waals surface area contributed by atoms with Gasteiger partial charge in [0, 0.05) is 0 Å². The summed E-state index contributed by atoms with van der Waals surface area (Å²) in [5.74, 6) is 1.98. The Bertz CT molecular complexity index is 712. The second kappa shape index (κ2) is 10.1. The maximum absolute atomic E-state index is 12.2. The second-order valence-corrected chi connectivity index (χ2v) is 6.62. The Kier molecular flexibility index (Phi) is 7.79. The highest BCUT2D eigenvalue weighted by Gasteiger charge is 2.11. The van der Waals surface area contributed by atoms with Crippen LogP contribution in [0.4, 0.5) is 0 Å². The van der Waals surface area contributed by atoms with Crippen LogP contribution in [-0.4, -0.2) is 19.7 Å². The molecule has 0 spiro atoms. The van der Waals surface area contributed by atoms with Crippen molar-refractivity contribution < 1.29 is 19.0 Å². The van der Waals surface area contributed by atoms with Crippen LogP contribution in [0.15, 0.2) is 42.5 Å². The first kappa shape index (κ1) is 20.1. The van der Waals surface area contributed by atoms with Gasteiger partial charge in [0.15, 0.2) is 0 Å². The Morgan fingerprint density at radius 2 is 1.81 bits per heavy atom. The molecule has 0 amide bonds. The average Bonchev–Trinajstić information content (AvgIpc) is 2.66. The molecule has 0 saturated heterocycles. The number of methoxy groups -OCH3 is 1. The third-order valence-corrected chi connectivity index (χ3v) is 4.52. The molecule has 0 saturated carbocycles. The van der Waals surface area contributed by atoms with Gasteiger partial charge in [-0.1, -0.05) is 31.9 Å². The number of carbonyl (C=O) groups excluding carboxylic acids is 1. The lowest BCUT2D eigenvalue weighted by atomic mass is 10.0. The van der Waals surface area contributed by atoms with E-state index in [-0.39, 0.29) is 0 Å². The Morgan fingerprint density at radius 1 is 1.12 bits per heavy atom. The maximum Gasteiger partial charge on any atom is 0.343 e. The van der Waals surface area contributed by atoms with E-state index in [1.807, 2.05) is 0 Å². The lowest BCUT2D eigenvalue weighted by Gasteiger charge is -2.10. The zero-order valence-corrected chi connectivity index (χ0v) is 16.2. The smallest absolute Gasteiger partial charge is 0.343 e. The van der Waals surface area contributed by atoms with Crippen molar-refractivity contribution >= 4 is 17.6 Å². The van der Waals surface area contributed by atoms with Crippen molar-refractivity contribution in [1.29, 1.82) is 0 Å². The molecule has 4 nitrogen and oxygen atoms in total. The zero-order valence-electron chi connectivity index (χ0n) is 15.5. The van der Waals surface area contributed by atoms with Gasteiger partial charge in [0.1, 0.15) is 17.2 Å². The van der Waals surface area contributed by atoms with Crippen LogP contribution in [0.25, 0.3) is 0 Å². The van der Waals surface area contributed by atoms with Crippen molar-refractivity contribution in [2.75, 3.05) is 13.7 Å². The van der Waals surface area contributed by atoms with Crippen molar-refractivity contribution in [3.8, 4) is 17.2 Å². The van der Waals surface area contributed by atoms with Crippen LogP contribution in [0.3, 0.4) is 0 Å². The van der Waals surface area contributed by atoms with E-state index < -0.39 is 5.97 Å². The number of rotatable bonds is 9. The molecule has 0 bridgehead atoms. The van der Waals surface area contributed by atoms with E-state index in [1.165, 1.54) is 19.6 Å². The number of hydrogen-bond acceptors (Lipinski definition) is 4. The van der Waals surface area contributed by atoms with Gasteiger partial charge in [0.2, 0.25) is 0 Å².